The summed E-state index contributed by atoms with van der Waals surface area (Å²) >= 11 is 0. The molecule has 0 bridgehead atoms. The fraction of sp³-hybridized carbons (Fsp3) is 0.500. The summed E-state index contributed by atoms with van der Waals surface area (Å²) in [5.41, 5.74) is 2.78. The number of likely N-dealkylation sites (N-methyl/N-ethyl adjacent to an activating group) is 1. The van der Waals surface area contributed by atoms with Crippen molar-refractivity contribution in [2.75, 3.05) is 13.1 Å². The third-order valence-corrected chi connectivity index (χ3v) is 2.31. The van der Waals surface area contributed by atoms with Gasteiger partial charge in [-0.3, -0.25) is 0 Å². The van der Waals surface area contributed by atoms with Gasteiger partial charge in [-0.1, -0.05) is 43.7 Å². The SMILES string of the molecule is CCNCC(C)c1cccc(C)c1. The summed E-state index contributed by atoms with van der Waals surface area (Å²) < 4.78 is 0. The van der Waals surface area contributed by atoms with Crippen LogP contribution in [-0.4, -0.2) is 13.1 Å². The number of rotatable bonds is 4. The second-order valence-electron chi connectivity index (χ2n) is 3.62. The Kier molecular flexibility index (Phi) is 3.97. The van der Waals surface area contributed by atoms with Crippen LogP contribution in [0.25, 0.3) is 0 Å². The summed E-state index contributed by atoms with van der Waals surface area (Å²) in [5, 5.41) is 3.37. The van der Waals surface area contributed by atoms with E-state index in [1.165, 1.54) is 11.1 Å². The Bertz CT molecular complexity index is 255. The third-order valence-electron chi connectivity index (χ3n) is 2.31. The largest absolute Gasteiger partial charge is 0.316 e. The Morgan fingerprint density at radius 3 is 2.77 bits per heavy atom. The van der Waals surface area contributed by atoms with Crippen LogP contribution in [0.2, 0.25) is 0 Å². The molecule has 0 aromatic heterocycles. The van der Waals surface area contributed by atoms with Crippen LogP contribution in [0.4, 0.5) is 0 Å². The van der Waals surface area contributed by atoms with Crippen molar-refractivity contribution in [3.05, 3.63) is 35.4 Å². The zero-order valence-electron chi connectivity index (χ0n) is 8.80. The lowest BCUT2D eigenvalue weighted by Gasteiger charge is -2.12. The molecule has 1 nitrogen and oxygen atoms in total. The van der Waals surface area contributed by atoms with Crippen LogP contribution in [-0.2, 0) is 0 Å². The van der Waals surface area contributed by atoms with Crippen LogP contribution in [0.1, 0.15) is 30.9 Å². The lowest BCUT2D eigenvalue weighted by atomic mass is 9.99. The van der Waals surface area contributed by atoms with Crippen LogP contribution in [0.3, 0.4) is 0 Å². The average Bonchev–Trinajstić information content (AvgIpc) is 2.14. The van der Waals surface area contributed by atoms with E-state index in [1.807, 2.05) is 0 Å². The molecule has 0 radical (unpaired) electrons. The highest BCUT2D eigenvalue weighted by atomic mass is 14.8. The van der Waals surface area contributed by atoms with Crippen molar-refractivity contribution in [3.63, 3.8) is 0 Å². The van der Waals surface area contributed by atoms with Crippen LogP contribution in [0, 0.1) is 6.92 Å². The molecule has 0 amide bonds. The van der Waals surface area contributed by atoms with Crippen molar-refractivity contribution in [1.82, 2.24) is 5.32 Å². The number of benzene rings is 1. The van der Waals surface area contributed by atoms with Crippen molar-refractivity contribution >= 4 is 0 Å². The lowest BCUT2D eigenvalue weighted by molar-refractivity contribution is 0.635. The number of nitrogens with one attached hydrogen (secondary N) is 1. The van der Waals surface area contributed by atoms with Gasteiger partial charge >= 0.3 is 0 Å². The normalized spacial score (nSPS) is 12.8. The summed E-state index contributed by atoms with van der Waals surface area (Å²) in [6.07, 6.45) is 0. The molecule has 1 N–H and O–H groups in total. The van der Waals surface area contributed by atoms with E-state index in [1.54, 1.807) is 0 Å². The topological polar surface area (TPSA) is 12.0 Å². The average molecular weight is 177 g/mol. The maximum atomic E-state index is 3.37. The predicted molar refractivity (Wildman–Crippen MR) is 58.1 cm³/mol. The minimum atomic E-state index is 0.611. The first-order chi connectivity index (χ1) is 6.24. The summed E-state index contributed by atoms with van der Waals surface area (Å²) in [6.45, 7) is 8.67. The van der Waals surface area contributed by atoms with Gasteiger partial charge in [0.2, 0.25) is 0 Å². The fourth-order valence-corrected chi connectivity index (χ4v) is 1.46. The summed E-state index contributed by atoms with van der Waals surface area (Å²) in [6, 6.07) is 8.74. The minimum absolute atomic E-state index is 0.611. The summed E-state index contributed by atoms with van der Waals surface area (Å²) in [5.74, 6) is 0.611. The molecule has 0 heterocycles. The van der Waals surface area contributed by atoms with E-state index in [-0.39, 0.29) is 0 Å². The number of hydrogen-bond donors (Lipinski definition) is 1. The van der Waals surface area contributed by atoms with Crippen molar-refractivity contribution in [2.45, 2.75) is 26.7 Å². The molecule has 0 aliphatic rings. The van der Waals surface area contributed by atoms with E-state index >= 15 is 0 Å². The van der Waals surface area contributed by atoms with Crippen molar-refractivity contribution < 1.29 is 0 Å². The maximum absolute atomic E-state index is 3.37. The van der Waals surface area contributed by atoms with E-state index in [0.717, 1.165) is 13.1 Å². The Morgan fingerprint density at radius 1 is 1.38 bits per heavy atom. The van der Waals surface area contributed by atoms with Gasteiger partial charge in [0.05, 0.1) is 0 Å². The third kappa shape index (κ3) is 3.19. The van der Waals surface area contributed by atoms with Gasteiger partial charge in [0.15, 0.2) is 0 Å². The molecule has 0 spiro atoms. The Morgan fingerprint density at radius 2 is 2.15 bits per heavy atom. The van der Waals surface area contributed by atoms with Crippen LogP contribution >= 0.6 is 0 Å². The molecular formula is C12H19N. The zero-order valence-corrected chi connectivity index (χ0v) is 8.80. The van der Waals surface area contributed by atoms with Crippen molar-refractivity contribution in [3.8, 4) is 0 Å². The molecular weight excluding hydrogens is 158 g/mol. The second-order valence-corrected chi connectivity index (χ2v) is 3.62. The highest BCUT2D eigenvalue weighted by molar-refractivity contribution is 5.25. The molecule has 0 saturated heterocycles. The Hall–Kier alpha value is -0.820. The summed E-state index contributed by atoms with van der Waals surface area (Å²) in [7, 11) is 0. The first-order valence-corrected chi connectivity index (χ1v) is 5.01. The number of hydrogen-bond acceptors (Lipinski definition) is 1. The number of aryl methyl sites for hydroxylation is 1. The smallest absolute Gasteiger partial charge is 0.00173 e. The Labute approximate surface area is 81.2 Å². The fourth-order valence-electron chi connectivity index (χ4n) is 1.46. The van der Waals surface area contributed by atoms with Crippen molar-refractivity contribution in [1.29, 1.82) is 0 Å². The van der Waals surface area contributed by atoms with Gasteiger partial charge in [-0.05, 0) is 24.9 Å². The second kappa shape index (κ2) is 5.03. The molecule has 1 heteroatoms. The predicted octanol–water partition coefficient (Wildman–Crippen LogP) is 2.71. The molecule has 0 aliphatic heterocycles. The molecule has 72 valence electrons. The van der Waals surface area contributed by atoms with Gasteiger partial charge in [0.1, 0.15) is 0 Å². The lowest BCUT2D eigenvalue weighted by Crippen LogP contribution is -2.19. The molecule has 1 aromatic rings. The van der Waals surface area contributed by atoms with Gasteiger partial charge in [0, 0.05) is 6.54 Å². The van der Waals surface area contributed by atoms with Gasteiger partial charge in [-0.25, -0.2) is 0 Å². The minimum Gasteiger partial charge on any atom is -0.316 e. The molecule has 1 aromatic carbocycles. The highest BCUT2D eigenvalue weighted by Gasteiger charge is 2.03. The maximum Gasteiger partial charge on any atom is 0.00173 e. The van der Waals surface area contributed by atoms with E-state index < -0.39 is 0 Å². The van der Waals surface area contributed by atoms with Crippen LogP contribution in [0.5, 0.6) is 0 Å². The van der Waals surface area contributed by atoms with E-state index in [0.29, 0.717) is 5.92 Å². The standard InChI is InChI=1S/C12H19N/c1-4-13-9-11(3)12-7-5-6-10(2)8-12/h5-8,11,13H,4,9H2,1-3H3. The quantitative estimate of drug-likeness (QED) is 0.745. The monoisotopic (exact) mass is 177 g/mol. The van der Waals surface area contributed by atoms with Gasteiger partial charge in [0.25, 0.3) is 0 Å². The van der Waals surface area contributed by atoms with Gasteiger partial charge in [-0.2, -0.15) is 0 Å². The van der Waals surface area contributed by atoms with Crippen LogP contribution < -0.4 is 5.32 Å². The molecule has 1 unspecified atom stereocenters. The molecule has 0 aliphatic carbocycles. The van der Waals surface area contributed by atoms with Crippen molar-refractivity contribution in [2.24, 2.45) is 0 Å². The summed E-state index contributed by atoms with van der Waals surface area (Å²) in [4.78, 5) is 0. The van der Waals surface area contributed by atoms with E-state index in [2.05, 4.69) is 50.4 Å². The molecule has 1 rings (SSSR count). The van der Waals surface area contributed by atoms with Crippen LogP contribution in [0.15, 0.2) is 24.3 Å². The Balaban J connectivity index is 2.60. The molecule has 13 heavy (non-hydrogen) atoms. The molecule has 0 fully saturated rings. The molecule has 1 atom stereocenters. The first kappa shape index (κ1) is 10.3. The van der Waals surface area contributed by atoms with Gasteiger partial charge in [-0.15, -0.1) is 0 Å². The van der Waals surface area contributed by atoms with E-state index in [9.17, 15) is 0 Å². The molecule has 0 saturated carbocycles. The van der Waals surface area contributed by atoms with Gasteiger partial charge < -0.3 is 5.32 Å². The first-order valence-electron chi connectivity index (χ1n) is 5.01. The highest BCUT2D eigenvalue weighted by Crippen LogP contribution is 2.15. The zero-order chi connectivity index (χ0) is 9.68. The van der Waals surface area contributed by atoms with E-state index in [4.69, 9.17) is 0 Å².